The normalized spacial score (nSPS) is 9.77. The third kappa shape index (κ3) is 26.9. The molecule has 0 amide bonds. The van der Waals surface area contributed by atoms with Crippen LogP contribution in [0.25, 0.3) is 0 Å². The van der Waals surface area contributed by atoms with E-state index in [1.165, 1.54) is 51.4 Å². The van der Waals surface area contributed by atoms with E-state index in [-0.39, 0.29) is 16.5 Å². The predicted molar refractivity (Wildman–Crippen MR) is 119 cm³/mol. The van der Waals surface area contributed by atoms with Crippen LogP contribution in [0.1, 0.15) is 85.5 Å². The Bertz CT molecular complexity index is 196. The van der Waals surface area contributed by atoms with Crippen molar-refractivity contribution in [1.29, 1.82) is 0 Å². The Kier molecular flexibility index (Phi) is 43.8. The summed E-state index contributed by atoms with van der Waals surface area (Å²) < 4.78 is 0. The van der Waals surface area contributed by atoms with Gasteiger partial charge in [0.15, 0.2) is 0 Å². The first-order valence-electron chi connectivity index (χ1n) is 10.1. The monoisotopic (exact) mass is 446 g/mol. The summed E-state index contributed by atoms with van der Waals surface area (Å²) in [5.41, 5.74) is 0. The van der Waals surface area contributed by atoms with Gasteiger partial charge >= 0.3 is 0 Å². The van der Waals surface area contributed by atoms with Gasteiger partial charge in [-0.1, -0.05) is 53.4 Å². The average molecular weight is 447 g/mol. The molecule has 0 bridgehead atoms. The van der Waals surface area contributed by atoms with Gasteiger partial charge in [-0.3, -0.25) is 9.59 Å². The Morgan fingerprint density at radius 3 is 0.846 bits per heavy atom. The van der Waals surface area contributed by atoms with Gasteiger partial charge < -0.3 is 0 Å². The van der Waals surface area contributed by atoms with Crippen molar-refractivity contribution < 1.29 is 26.1 Å². The van der Waals surface area contributed by atoms with Gasteiger partial charge in [0, 0.05) is 16.5 Å². The van der Waals surface area contributed by atoms with E-state index in [0.29, 0.717) is 15.8 Å². The van der Waals surface area contributed by atoms with Crippen LogP contribution in [0.2, 0.25) is 0 Å². The van der Waals surface area contributed by atoms with E-state index >= 15 is 0 Å². The molecule has 26 heavy (non-hydrogen) atoms. The van der Waals surface area contributed by atoms with Gasteiger partial charge in [0.2, 0.25) is 0 Å². The molecule has 0 aliphatic carbocycles. The molecular weight excluding hydrogens is 405 g/mol. The predicted octanol–water partition coefficient (Wildman–Crippen LogP) is 6.74. The molecule has 2 nitrogen and oxygen atoms in total. The molecule has 0 saturated heterocycles. The van der Waals surface area contributed by atoms with E-state index in [0.717, 1.165) is 0 Å². The summed E-state index contributed by atoms with van der Waals surface area (Å²) >= 11 is 0. The molecule has 0 rings (SSSR count). The molecule has 0 aromatic carbocycles. The van der Waals surface area contributed by atoms with Crippen LogP contribution in [-0.2, 0) is 26.1 Å². The van der Waals surface area contributed by atoms with Crippen molar-refractivity contribution in [3.63, 3.8) is 0 Å². The Labute approximate surface area is 177 Å². The van der Waals surface area contributed by atoms with Crippen molar-refractivity contribution >= 4 is 29.4 Å². The minimum atomic E-state index is 0. The van der Waals surface area contributed by atoms with E-state index in [1.54, 1.807) is 43.4 Å². The first-order chi connectivity index (χ1) is 12.3. The van der Waals surface area contributed by atoms with Crippen molar-refractivity contribution in [1.82, 2.24) is 0 Å². The summed E-state index contributed by atoms with van der Waals surface area (Å²) in [4.78, 5) is 15.0. The largest absolute Gasteiger partial charge is 0.281 e. The van der Waals surface area contributed by atoms with E-state index in [4.69, 9.17) is 9.59 Å². The zero-order chi connectivity index (χ0) is 19.8. The molecule has 5 heteroatoms. The van der Waals surface area contributed by atoms with Gasteiger partial charge in [-0.25, -0.2) is 0 Å². The molecule has 0 N–H and O–H groups in total. The second-order valence-corrected chi connectivity index (χ2v) is 11.8. The van der Waals surface area contributed by atoms with Crippen molar-refractivity contribution in [2.75, 3.05) is 37.0 Å². The molecule has 0 aromatic rings. The average Bonchev–Trinajstić information content (AvgIpc) is 2.68. The molecule has 0 heterocycles. The number of carbonyl (C=O) groups excluding carboxylic acids is 2. The zero-order valence-electron chi connectivity index (χ0n) is 17.6. The minimum Gasteiger partial charge on any atom is -0.281 e. The van der Waals surface area contributed by atoms with Crippen LogP contribution in [0.15, 0.2) is 0 Å². The van der Waals surface area contributed by atoms with E-state index in [1.807, 2.05) is 0 Å². The fourth-order valence-corrected chi connectivity index (χ4v) is 8.57. The maximum absolute atomic E-state index is 7.50. The first kappa shape index (κ1) is 34.2. The standard InChI is InChI=1S/C19H42P2.2CO.Ni/c1-5-9-14-20(15-10-6-2)18-13-19-21(16-11-7-3)17-12-8-4;2*1-2;/h5-19H2,1-4H3;;;. The molecule has 0 fully saturated rings. The number of hydrogen-bond acceptors (Lipinski definition) is 2. The quantitative estimate of drug-likeness (QED) is 0.194. The van der Waals surface area contributed by atoms with Crippen LogP contribution < -0.4 is 0 Å². The molecule has 0 aliphatic heterocycles. The Balaban J connectivity index is -0.000000449. The summed E-state index contributed by atoms with van der Waals surface area (Å²) in [6.45, 7) is 18.4. The molecule has 0 unspecified atom stereocenters. The Hall–Kier alpha value is 0.694. The summed E-state index contributed by atoms with van der Waals surface area (Å²) in [6, 6.07) is 0. The number of unbranched alkanes of at least 4 members (excludes halogenated alkanes) is 4. The molecule has 158 valence electrons. The smallest absolute Gasteiger partial charge is 0.281 e. The second-order valence-electron chi connectivity index (χ2n) is 6.45. The van der Waals surface area contributed by atoms with Crippen LogP contribution in [0.5, 0.6) is 0 Å². The fourth-order valence-electron chi connectivity index (χ4n) is 2.72. The summed E-state index contributed by atoms with van der Waals surface area (Å²) in [5, 5.41) is 0. The molecule has 0 aliphatic rings. The van der Waals surface area contributed by atoms with Crippen LogP contribution in [0.4, 0.5) is 0 Å². The molecule has 0 saturated carbocycles. The van der Waals surface area contributed by atoms with Gasteiger partial charge in [-0.2, -0.15) is 0 Å². The Morgan fingerprint density at radius 1 is 0.462 bits per heavy atom. The first-order valence-corrected chi connectivity index (χ1v) is 13.9. The molecule has 0 aromatic heterocycles. The van der Waals surface area contributed by atoms with E-state index < -0.39 is 0 Å². The van der Waals surface area contributed by atoms with Crippen LogP contribution in [0.3, 0.4) is 0 Å². The number of hydrogen-bond donors (Lipinski definition) is 0. The molecule has 0 spiro atoms. The maximum Gasteiger partial charge on any atom is 0.281 e. The molecule has 4 radical (unpaired) electrons. The van der Waals surface area contributed by atoms with E-state index in [9.17, 15) is 0 Å². The van der Waals surface area contributed by atoms with E-state index in [2.05, 4.69) is 41.3 Å². The van der Waals surface area contributed by atoms with Gasteiger partial charge in [-0.15, -0.1) is 15.8 Å². The topological polar surface area (TPSA) is 34.1 Å². The third-order valence-electron chi connectivity index (χ3n) is 4.26. The van der Waals surface area contributed by atoms with Crippen molar-refractivity contribution in [3.8, 4) is 0 Å². The summed E-state index contributed by atoms with van der Waals surface area (Å²) in [6.07, 6.45) is 22.5. The van der Waals surface area contributed by atoms with Gasteiger partial charge in [-0.05, 0) is 69.1 Å². The van der Waals surface area contributed by atoms with Crippen LogP contribution >= 0.6 is 15.8 Å². The van der Waals surface area contributed by atoms with Crippen molar-refractivity contribution in [2.45, 2.75) is 85.5 Å². The van der Waals surface area contributed by atoms with Crippen molar-refractivity contribution in [2.24, 2.45) is 0 Å². The molecule has 0 atom stereocenters. The van der Waals surface area contributed by atoms with Gasteiger partial charge in [0.1, 0.15) is 0 Å². The third-order valence-corrected chi connectivity index (χ3v) is 9.95. The zero-order valence-corrected chi connectivity index (χ0v) is 20.4. The minimum absolute atomic E-state index is 0. The van der Waals surface area contributed by atoms with Gasteiger partial charge in [0.25, 0.3) is 13.6 Å². The molecular formula is C21H42NiO2P2. The fraction of sp³-hybridized carbons (Fsp3) is 0.905. The summed E-state index contributed by atoms with van der Waals surface area (Å²) in [5.74, 6) is 0. The SMILES string of the molecule is CCCCP(CCCC)CCCP(CCCC)CCCC.[C]=O.[C]=O.[Ni]. The second kappa shape index (κ2) is 33.3. The van der Waals surface area contributed by atoms with Crippen molar-refractivity contribution in [3.05, 3.63) is 0 Å². The number of rotatable bonds is 16. The van der Waals surface area contributed by atoms with Crippen LogP contribution in [-0.4, -0.2) is 50.5 Å². The summed E-state index contributed by atoms with van der Waals surface area (Å²) in [7, 11) is 0.763. The Morgan fingerprint density at radius 2 is 0.654 bits per heavy atom. The maximum atomic E-state index is 7.50. The van der Waals surface area contributed by atoms with Crippen LogP contribution in [0, 0.1) is 0 Å². The van der Waals surface area contributed by atoms with Gasteiger partial charge in [0.05, 0.1) is 0 Å².